The lowest BCUT2D eigenvalue weighted by molar-refractivity contribution is -0.302. The average molecular weight is 279 g/mol. The maximum absolute atomic E-state index is 11.0. The van der Waals surface area contributed by atoms with E-state index in [1.54, 1.807) is 0 Å². The molecule has 10 nitrogen and oxygen atoms in total. The van der Waals surface area contributed by atoms with Gasteiger partial charge < -0.3 is 35.6 Å². The quantitative estimate of drug-likeness (QED) is 0.306. The van der Waals surface area contributed by atoms with Gasteiger partial charge in [0.2, 0.25) is 5.91 Å². The number of rotatable bonds is 3. The number of carbonyl (C=O) groups excluding carboxylic acids is 1. The Kier molecular flexibility index (Phi) is 4.10. The normalized spacial score (nSPS) is 38.5. The van der Waals surface area contributed by atoms with Crippen molar-refractivity contribution >= 4 is 17.8 Å². The molecular formula is C9H13NO9. The van der Waals surface area contributed by atoms with Gasteiger partial charge in [0.15, 0.2) is 6.10 Å². The summed E-state index contributed by atoms with van der Waals surface area (Å²) in [5, 5.41) is 48.4. The van der Waals surface area contributed by atoms with E-state index in [4.69, 9.17) is 10.2 Å². The Labute approximate surface area is 106 Å². The molecule has 10 heteroatoms. The highest BCUT2D eigenvalue weighted by atomic mass is 16.7. The lowest BCUT2D eigenvalue weighted by atomic mass is 9.90. The highest BCUT2D eigenvalue weighted by Crippen LogP contribution is 2.28. The van der Waals surface area contributed by atoms with Crippen molar-refractivity contribution in [3.8, 4) is 0 Å². The molecule has 1 aliphatic rings. The Morgan fingerprint density at radius 1 is 1.16 bits per heavy atom. The number of aliphatic hydroxyl groups excluding tert-OH is 2. The summed E-state index contributed by atoms with van der Waals surface area (Å²) in [5.74, 6) is -7.77. The van der Waals surface area contributed by atoms with Gasteiger partial charge in [-0.15, -0.1) is 0 Å². The van der Waals surface area contributed by atoms with Crippen LogP contribution in [0.5, 0.6) is 0 Å². The van der Waals surface area contributed by atoms with Crippen molar-refractivity contribution in [1.82, 2.24) is 5.32 Å². The molecule has 1 saturated heterocycles. The smallest absolute Gasteiger partial charge is 0.366 e. The average Bonchev–Trinajstić information content (AvgIpc) is 2.28. The van der Waals surface area contributed by atoms with E-state index in [9.17, 15) is 29.7 Å². The molecule has 0 radical (unpaired) electrons. The van der Waals surface area contributed by atoms with Crippen molar-refractivity contribution in [2.24, 2.45) is 0 Å². The first kappa shape index (κ1) is 15.3. The van der Waals surface area contributed by atoms with E-state index in [2.05, 4.69) is 4.74 Å². The lowest BCUT2D eigenvalue weighted by Crippen LogP contribution is -2.73. The van der Waals surface area contributed by atoms with Crippen LogP contribution in [0, 0.1) is 0 Å². The standard InChI is InChI=1S/C9H13NO9/c1-2(11)10-6-4(13)3(12)5(7(14)15)19-9(6,18)8(16)17/h3-6,12-13,18H,1H3,(H,10,11)(H,14,15)(H,16,17)/t3-,4-,5-,6+,9-/m1/s1. The predicted molar refractivity (Wildman–Crippen MR) is 54.7 cm³/mol. The molecule has 19 heavy (non-hydrogen) atoms. The van der Waals surface area contributed by atoms with Crippen molar-refractivity contribution in [2.45, 2.75) is 37.1 Å². The van der Waals surface area contributed by atoms with Crippen LogP contribution in [0.2, 0.25) is 0 Å². The first-order chi connectivity index (χ1) is 8.61. The Bertz CT molecular complexity index is 410. The molecule has 0 aromatic carbocycles. The number of ether oxygens (including phenoxy) is 1. The minimum atomic E-state index is -3.17. The molecule has 0 saturated carbocycles. The van der Waals surface area contributed by atoms with Gasteiger partial charge in [0.25, 0.3) is 5.79 Å². The number of hydrogen-bond donors (Lipinski definition) is 6. The highest BCUT2D eigenvalue weighted by Gasteiger charge is 2.60. The van der Waals surface area contributed by atoms with E-state index >= 15 is 0 Å². The van der Waals surface area contributed by atoms with Crippen LogP contribution in [-0.2, 0) is 19.1 Å². The third kappa shape index (κ3) is 2.66. The molecule has 108 valence electrons. The van der Waals surface area contributed by atoms with Crippen LogP contribution in [0.1, 0.15) is 6.92 Å². The Balaban J connectivity index is 3.18. The molecule has 0 spiro atoms. The van der Waals surface area contributed by atoms with Crippen LogP contribution >= 0.6 is 0 Å². The zero-order valence-electron chi connectivity index (χ0n) is 9.68. The van der Waals surface area contributed by atoms with Crippen molar-refractivity contribution in [3.63, 3.8) is 0 Å². The first-order valence-electron chi connectivity index (χ1n) is 5.11. The molecule has 5 atom stereocenters. The number of nitrogens with one attached hydrogen (secondary N) is 1. The summed E-state index contributed by atoms with van der Waals surface area (Å²) in [6.45, 7) is 0.977. The van der Waals surface area contributed by atoms with Gasteiger partial charge in [0.05, 0.1) is 0 Å². The fourth-order valence-electron chi connectivity index (χ4n) is 1.73. The highest BCUT2D eigenvalue weighted by molar-refractivity contribution is 5.81. The summed E-state index contributed by atoms with van der Waals surface area (Å²) >= 11 is 0. The topological polar surface area (TPSA) is 174 Å². The molecule has 1 heterocycles. The summed E-state index contributed by atoms with van der Waals surface area (Å²) in [6.07, 6.45) is -6.21. The second-order valence-electron chi connectivity index (χ2n) is 4.04. The van der Waals surface area contributed by atoms with Gasteiger partial charge in [0.1, 0.15) is 18.2 Å². The van der Waals surface area contributed by atoms with Gasteiger partial charge in [-0.2, -0.15) is 0 Å². The predicted octanol–water partition coefficient (Wildman–Crippen LogP) is -3.53. The van der Waals surface area contributed by atoms with Gasteiger partial charge in [-0.1, -0.05) is 0 Å². The fraction of sp³-hybridized carbons (Fsp3) is 0.667. The maximum Gasteiger partial charge on any atom is 0.366 e. The van der Waals surface area contributed by atoms with Crippen LogP contribution in [0.15, 0.2) is 0 Å². The Morgan fingerprint density at radius 2 is 1.68 bits per heavy atom. The largest absolute Gasteiger partial charge is 0.479 e. The van der Waals surface area contributed by atoms with Crippen molar-refractivity contribution in [2.75, 3.05) is 0 Å². The second-order valence-corrected chi connectivity index (χ2v) is 4.04. The monoisotopic (exact) mass is 279 g/mol. The minimum Gasteiger partial charge on any atom is -0.479 e. The molecule has 1 aliphatic heterocycles. The van der Waals surface area contributed by atoms with E-state index in [-0.39, 0.29) is 0 Å². The molecule has 1 rings (SSSR count). The van der Waals surface area contributed by atoms with Crippen molar-refractivity contribution in [1.29, 1.82) is 0 Å². The maximum atomic E-state index is 11.0. The van der Waals surface area contributed by atoms with Gasteiger partial charge in [0, 0.05) is 6.92 Å². The van der Waals surface area contributed by atoms with E-state index in [1.165, 1.54) is 0 Å². The van der Waals surface area contributed by atoms with Crippen LogP contribution in [0.25, 0.3) is 0 Å². The fourth-order valence-corrected chi connectivity index (χ4v) is 1.73. The summed E-state index contributed by atoms with van der Waals surface area (Å²) in [6, 6.07) is -1.92. The van der Waals surface area contributed by atoms with E-state index < -0.39 is 48.0 Å². The molecule has 0 aromatic heterocycles. The van der Waals surface area contributed by atoms with Gasteiger partial charge >= 0.3 is 11.9 Å². The first-order valence-corrected chi connectivity index (χ1v) is 5.11. The number of aliphatic carboxylic acids is 2. The van der Waals surface area contributed by atoms with Gasteiger partial charge in [-0.25, -0.2) is 9.59 Å². The minimum absolute atomic E-state index is 0.812. The summed E-state index contributed by atoms with van der Waals surface area (Å²) in [4.78, 5) is 32.6. The number of carbonyl (C=O) groups is 3. The molecule has 0 unspecified atom stereocenters. The molecule has 0 bridgehead atoms. The van der Waals surface area contributed by atoms with Crippen LogP contribution in [0.3, 0.4) is 0 Å². The van der Waals surface area contributed by atoms with E-state index in [0.29, 0.717) is 0 Å². The Morgan fingerprint density at radius 3 is 2.05 bits per heavy atom. The third-order valence-electron chi connectivity index (χ3n) is 2.64. The SMILES string of the molecule is CC(=O)N[C@H]1[C@H](O)[C@@H](O)[C@H](C(=O)O)O[C@@]1(O)C(=O)O. The number of carboxylic acids is 2. The number of amides is 1. The van der Waals surface area contributed by atoms with Crippen LogP contribution < -0.4 is 5.32 Å². The second kappa shape index (κ2) is 5.09. The Hall–Kier alpha value is -1.75. The van der Waals surface area contributed by atoms with Crippen molar-refractivity contribution in [3.05, 3.63) is 0 Å². The molecule has 0 aromatic rings. The van der Waals surface area contributed by atoms with Crippen LogP contribution in [-0.4, -0.2) is 73.5 Å². The summed E-state index contributed by atoms with van der Waals surface area (Å²) in [5.41, 5.74) is 0. The summed E-state index contributed by atoms with van der Waals surface area (Å²) in [7, 11) is 0. The number of aliphatic hydroxyl groups is 3. The number of carboxylic acid groups (broad SMARTS) is 2. The molecule has 6 N–H and O–H groups in total. The molecular weight excluding hydrogens is 266 g/mol. The van der Waals surface area contributed by atoms with E-state index in [0.717, 1.165) is 6.92 Å². The zero-order chi connectivity index (χ0) is 15.0. The lowest BCUT2D eigenvalue weighted by Gasteiger charge is -2.44. The summed E-state index contributed by atoms with van der Waals surface area (Å²) < 4.78 is 4.42. The molecule has 0 aliphatic carbocycles. The van der Waals surface area contributed by atoms with Gasteiger partial charge in [-0.3, -0.25) is 4.79 Å². The van der Waals surface area contributed by atoms with Gasteiger partial charge in [-0.05, 0) is 0 Å². The molecule has 1 fully saturated rings. The number of hydrogen-bond acceptors (Lipinski definition) is 7. The third-order valence-corrected chi connectivity index (χ3v) is 2.64. The van der Waals surface area contributed by atoms with Crippen molar-refractivity contribution < 1.29 is 44.7 Å². The van der Waals surface area contributed by atoms with E-state index in [1.807, 2.05) is 5.32 Å². The zero-order valence-corrected chi connectivity index (χ0v) is 9.68. The van der Waals surface area contributed by atoms with Crippen LogP contribution in [0.4, 0.5) is 0 Å². The molecule has 1 amide bonds.